The number of nitrogens with one attached hydrogen (secondary N) is 2. The first-order valence-electron chi connectivity index (χ1n) is 6.07. The Bertz CT molecular complexity index is 396. The van der Waals surface area contributed by atoms with Gasteiger partial charge in [0, 0.05) is 18.5 Å². The van der Waals surface area contributed by atoms with Crippen LogP contribution in [-0.2, 0) is 4.79 Å². The van der Waals surface area contributed by atoms with Gasteiger partial charge in [-0.1, -0.05) is 0 Å². The third-order valence-corrected chi connectivity index (χ3v) is 2.76. The van der Waals surface area contributed by atoms with Crippen LogP contribution in [0.15, 0.2) is 21.2 Å². The number of furan rings is 1. The molecule has 1 aromatic heterocycles. The molecule has 0 spiro atoms. The van der Waals surface area contributed by atoms with Crippen molar-refractivity contribution >= 4 is 21.8 Å². The van der Waals surface area contributed by atoms with Crippen LogP contribution < -0.4 is 10.6 Å². The molecule has 1 rings (SSSR count). The lowest BCUT2D eigenvalue weighted by molar-refractivity contribution is -0.122. The molecule has 0 aliphatic rings. The van der Waals surface area contributed by atoms with E-state index in [9.17, 15) is 4.79 Å². The van der Waals surface area contributed by atoms with Gasteiger partial charge in [-0.3, -0.25) is 4.79 Å². The number of carbonyl (C=O) groups excluding carboxylic acids is 1. The quantitative estimate of drug-likeness (QED) is 0.878. The van der Waals surface area contributed by atoms with E-state index in [0.717, 1.165) is 10.4 Å². The first-order chi connectivity index (χ1) is 8.28. The van der Waals surface area contributed by atoms with Crippen LogP contribution in [0.5, 0.6) is 0 Å². The van der Waals surface area contributed by atoms with Crippen molar-refractivity contribution in [2.75, 3.05) is 6.54 Å². The van der Waals surface area contributed by atoms with Gasteiger partial charge >= 0.3 is 0 Å². The molecule has 0 aliphatic carbocycles. The molecule has 1 amide bonds. The Morgan fingerprint density at radius 2 is 2.11 bits per heavy atom. The predicted molar refractivity (Wildman–Crippen MR) is 75.3 cm³/mol. The highest BCUT2D eigenvalue weighted by Crippen LogP contribution is 2.19. The van der Waals surface area contributed by atoms with Gasteiger partial charge < -0.3 is 15.1 Å². The van der Waals surface area contributed by atoms with E-state index >= 15 is 0 Å². The average Bonchev–Trinajstić information content (AvgIpc) is 2.62. The fourth-order valence-corrected chi connectivity index (χ4v) is 1.86. The van der Waals surface area contributed by atoms with Crippen LogP contribution in [0.3, 0.4) is 0 Å². The van der Waals surface area contributed by atoms with E-state index in [0.29, 0.717) is 13.0 Å². The van der Waals surface area contributed by atoms with Crippen LogP contribution in [0.1, 0.15) is 45.9 Å². The molecule has 0 fully saturated rings. The molecular formula is C13H21BrN2O2. The Balaban J connectivity index is 2.27. The molecule has 4 nitrogen and oxygen atoms in total. The zero-order valence-electron chi connectivity index (χ0n) is 11.3. The van der Waals surface area contributed by atoms with E-state index in [1.54, 1.807) is 0 Å². The lowest BCUT2D eigenvalue weighted by Gasteiger charge is -2.20. The van der Waals surface area contributed by atoms with E-state index in [2.05, 4.69) is 26.6 Å². The summed E-state index contributed by atoms with van der Waals surface area (Å²) < 4.78 is 6.16. The lowest BCUT2D eigenvalue weighted by atomic mass is 10.1. The summed E-state index contributed by atoms with van der Waals surface area (Å²) in [5.74, 6) is 0.918. The summed E-state index contributed by atoms with van der Waals surface area (Å²) in [5, 5.41) is 6.18. The molecule has 1 unspecified atom stereocenters. The Kier molecular flexibility index (Phi) is 5.41. The second-order valence-electron chi connectivity index (χ2n) is 5.37. The minimum atomic E-state index is -0.172. The molecule has 102 valence electrons. The second-order valence-corrected chi connectivity index (χ2v) is 6.15. The van der Waals surface area contributed by atoms with Crippen molar-refractivity contribution in [3.63, 3.8) is 0 Å². The maximum atomic E-state index is 11.6. The van der Waals surface area contributed by atoms with Crippen molar-refractivity contribution in [1.82, 2.24) is 10.6 Å². The first kappa shape index (κ1) is 15.2. The SMILES string of the molecule is CC(NCCC(=O)NC(C)(C)C)c1ccc(Br)o1. The molecule has 0 saturated heterocycles. The van der Waals surface area contributed by atoms with E-state index in [1.165, 1.54) is 0 Å². The van der Waals surface area contributed by atoms with Crippen molar-refractivity contribution < 1.29 is 9.21 Å². The zero-order valence-corrected chi connectivity index (χ0v) is 12.9. The molecule has 1 aromatic rings. The third-order valence-electron chi connectivity index (χ3n) is 2.34. The highest BCUT2D eigenvalue weighted by atomic mass is 79.9. The number of halogens is 1. The van der Waals surface area contributed by atoms with Crippen molar-refractivity contribution in [1.29, 1.82) is 0 Å². The normalized spacial score (nSPS) is 13.4. The van der Waals surface area contributed by atoms with Crippen molar-refractivity contribution in [3.05, 3.63) is 22.6 Å². The van der Waals surface area contributed by atoms with Crippen LogP contribution in [0.4, 0.5) is 0 Å². The number of rotatable bonds is 5. The van der Waals surface area contributed by atoms with Gasteiger partial charge in [0.1, 0.15) is 5.76 Å². The van der Waals surface area contributed by atoms with Crippen LogP contribution >= 0.6 is 15.9 Å². The minimum Gasteiger partial charge on any atom is -0.453 e. The van der Waals surface area contributed by atoms with Crippen LogP contribution in [-0.4, -0.2) is 18.0 Å². The lowest BCUT2D eigenvalue weighted by Crippen LogP contribution is -2.41. The molecular weight excluding hydrogens is 296 g/mol. The number of amides is 1. The first-order valence-corrected chi connectivity index (χ1v) is 6.87. The summed E-state index contributed by atoms with van der Waals surface area (Å²) in [6.07, 6.45) is 0.462. The monoisotopic (exact) mass is 316 g/mol. The second kappa shape index (κ2) is 6.38. The summed E-state index contributed by atoms with van der Waals surface area (Å²) in [6.45, 7) is 8.55. The smallest absolute Gasteiger partial charge is 0.221 e. The van der Waals surface area contributed by atoms with Crippen molar-refractivity contribution in [3.8, 4) is 0 Å². The summed E-state index contributed by atoms with van der Waals surface area (Å²) in [7, 11) is 0. The predicted octanol–water partition coefficient (Wildman–Crippen LogP) is 3.00. The summed E-state index contributed by atoms with van der Waals surface area (Å²) in [5.41, 5.74) is -0.172. The van der Waals surface area contributed by atoms with E-state index in [-0.39, 0.29) is 17.5 Å². The maximum absolute atomic E-state index is 11.6. The summed E-state index contributed by atoms with van der Waals surface area (Å²) in [6, 6.07) is 3.87. The van der Waals surface area contributed by atoms with Crippen LogP contribution in [0.25, 0.3) is 0 Å². The van der Waals surface area contributed by atoms with Crippen molar-refractivity contribution in [2.45, 2.75) is 45.7 Å². The van der Waals surface area contributed by atoms with Gasteiger partial charge in [-0.25, -0.2) is 0 Å². The van der Waals surface area contributed by atoms with Gasteiger partial charge in [-0.05, 0) is 55.8 Å². The Morgan fingerprint density at radius 3 is 2.61 bits per heavy atom. The fourth-order valence-electron chi connectivity index (χ4n) is 1.54. The topological polar surface area (TPSA) is 54.3 Å². The van der Waals surface area contributed by atoms with E-state index in [4.69, 9.17) is 4.42 Å². The Morgan fingerprint density at radius 1 is 1.44 bits per heavy atom. The molecule has 0 aromatic carbocycles. The van der Waals surface area contributed by atoms with Gasteiger partial charge in [0.2, 0.25) is 5.91 Å². The molecule has 0 saturated carbocycles. The summed E-state index contributed by atoms with van der Waals surface area (Å²) in [4.78, 5) is 11.6. The van der Waals surface area contributed by atoms with Gasteiger partial charge in [0.25, 0.3) is 0 Å². The molecule has 0 bridgehead atoms. The summed E-state index contributed by atoms with van der Waals surface area (Å²) >= 11 is 3.27. The Labute approximate surface area is 117 Å². The molecule has 0 radical (unpaired) electrons. The molecule has 0 aliphatic heterocycles. The highest BCUT2D eigenvalue weighted by molar-refractivity contribution is 9.10. The molecule has 18 heavy (non-hydrogen) atoms. The third kappa shape index (κ3) is 5.69. The standard InChI is InChI=1S/C13H21BrN2O2/c1-9(10-5-6-11(14)18-10)15-8-7-12(17)16-13(2,3)4/h5-6,9,15H,7-8H2,1-4H3,(H,16,17). The molecule has 5 heteroatoms. The van der Waals surface area contributed by atoms with E-state index < -0.39 is 0 Å². The van der Waals surface area contributed by atoms with E-state index in [1.807, 2.05) is 39.8 Å². The Hall–Kier alpha value is -0.810. The molecule has 1 heterocycles. The van der Waals surface area contributed by atoms with Crippen LogP contribution in [0, 0.1) is 0 Å². The van der Waals surface area contributed by atoms with Crippen LogP contribution in [0.2, 0.25) is 0 Å². The zero-order chi connectivity index (χ0) is 13.8. The average molecular weight is 317 g/mol. The van der Waals surface area contributed by atoms with Gasteiger partial charge in [-0.2, -0.15) is 0 Å². The van der Waals surface area contributed by atoms with Gasteiger partial charge in [0.15, 0.2) is 4.67 Å². The highest BCUT2D eigenvalue weighted by Gasteiger charge is 2.14. The number of hydrogen-bond donors (Lipinski definition) is 2. The maximum Gasteiger partial charge on any atom is 0.221 e. The fraction of sp³-hybridized carbons (Fsp3) is 0.615. The molecule has 1 atom stereocenters. The number of carbonyl (C=O) groups is 1. The van der Waals surface area contributed by atoms with Crippen molar-refractivity contribution in [2.24, 2.45) is 0 Å². The number of hydrogen-bond acceptors (Lipinski definition) is 3. The largest absolute Gasteiger partial charge is 0.453 e. The van der Waals surface area contributed by atoms with Gasteiger partial charge in [0.05, 0.1) is 6.04 Å². The van der Waals surface area contributed by atoms with Gasteiger partial charge in [-0.15, -0.1) is 0 Å². The molecule has 2 N–H and O–H groups in total. The minimum absolute atomic E-state index is 0.0582.